The first-order valence-corrected chi connectivity index (χ1v) is 7.50. The van der Waals surface area contributed by atoms with Gasteiger partial charge in [-0.3, -0.25) is 0 Å². The molecule has 1 aromatic carbocycles. The Labute approximate surface area is 135 Å². The van der Waals surface area contributed by atoms with Crippen molar-refractivity contribution in [2.75, 3.05) is 11.9 Å². The summed E-state index contributed by atoms with van der Waals surface area (Å²) >= 11 is 0. The van der Waals surface area contributed by atoms with E-state index in [0.29, 0.717) is 17.9 Å². The summed E-state index contributed by atoms with van der Waals surface area (Å²) in [6.45, 7) is 1.49. The van der Waals surface area contributed by atoms with Gasteiger partial charge in [-0.1, -0.05) is 30.3 Å². The fourth-order valence-corrected chi connectivity index (χ4v) is 2.42. The summed E-state index contributed by atoms with van der Waals surface area (Å²) in [6.07, 6.45) is 6.25. The zero-order valence-corrected chi connectivity index (χ0v) is 12.7. The van der Waals surface area contributed by atoms with E-state index < -0.39 is 0 Å². The van der Waals surface area contributed by atoms with Gasteiger partial charge in [-0.05, 0) is 17.7 Å². The van der Waals surface area contributed by atoms with Gasteiger partial charge in [0, 0.05) is 38.1 Å². The van der Waals surface area contributed by atoms with E-state index in [1.807, 2.05) is 30.6 Å². The van der Waals surface area contributed by atoms with E-state index >= 15 is 0 Å². The van der Waals surface area contributed by atoms with Crippen LogP contribution in [0.4, 0.5) is 5.82 Å². The molecular formula is C18H17N5. The van der Waals surface area contributed by atoms with Gasteiger partial charge in [0.05, 0.1) is 5.56 Å². The zero-order valence-electron chi connectivity index (χ0n) is 12.7. The molecule has 0 atom stereocenters. The van der Waals surface area contributed by atoms with Crippen molar-refractivity contribution in [1.29, 1.82) is 5.26 Å². The molecule has 2 heterocycles. The molecule has 0 unspecified atom stereocenters. The van der Waals surface area contributed by atoms with Gasteiger partial charge in [-0.2, -0.15) is 5.26 Å². The summed E-state index contributed by atoms with van der Waals surface area (Å²) < 4.78 is 2.14. The number of aromatic nitrogens is 3. The summed E-state index contributed by atoms with van der Waals surface area (Å²) in [7, 11) is 0. The van der Waals surface area contributed by atoms with Crippen LogP contribution in [-0.2, 0) is 13.0 Å². The van der Waals surface area contributed by atoms with E-state index in [1.165, 1.54) is 5.56 Å². The Balaban J connectivity index is 1.61. The first kappa shape index (κ1) is 14.8. The van der Waals surface area contributed by atoms with Crippen molar-refractivity contribution in [2.45, 2.75) is 13.0 Å². The van der Waals surface area contributed by atoms with Crippen molar-refractivity contribution in [1.82, 2.24) is 14.5 Å². The largest absolute Gasteiger partial charge is 0.369 e. The van der Waals surface area contributed by atoms with Crippen LogP contribution in [0.5, 0.6) is 0 Å². The summed E-state index contributed by atoms with van der Waals surface area (Å²) in [4.78, 5) is 8.62. The van der Waals surface area contributed by atoms with Gasteiger partial charge in [0.25, 0.3) is 0 Å². The highest BCUT2D eigenvalue weighted by Gasteiger charge is 2.05. The van der Waals surface area contributed by atoms with Crippen LogP contribution in [-0.4, -0.2) is 21.1 Å². The minimum atomic E-state index is 0.556. The molecule has 5 nitrogen and oxygen atoms in total. The standard InChI is InChI=1S/C18H17N5/c19-13-16-7-4-9-21-18(16)22-10-8-17-20-11-12-23(17)14-15-5-2-1-3-6-15/h1-7,9,11-12H,8,10,14H2,(H,21,22). The molecule has 5 heteroatoms. The van der Waals surface area contributed by atoms with Crippen LogP contribution >= 0.6 is 0 Å². The quantitative estimate of drug-likeness (QED) is 0.760. The Morgan fingerprint density at radius 2 is 1.91 bits per heavy atom. The number of rotatable bonds is 6. The Hall–Kier alpha value is -3.13. The third kappa shape index (κ3) is 3.74. The normalized spacial score (nSPS) is 10.2. The predicted octanol–water partition coefficient (Wildman–Crippen LogP) is 2.85. The van der Waals surface area contributed by atoms with Crippen molar-refractivity contribution in [3.8, 4) is 6.07 Å². The second-order valence-electron chi connectivity index (χ2n) is 5.15. The lowest BCUT2D eigenvalue weighted by Gasteiger charge is -2.09. The maximum atomic E-state index is 9.06. The number of anilines is 1. The molecule has 1 N–H and O–H groups in total. The van der Waals surface area contributed by atoms with Crippen LogP contribution in [0.15, 0.2) is 61.1 Å². The van der Waals surface area contributed by atoms with Gasteiger partial charge in [0.1, 0.15) is 17.7 Å². The minimum absolute atomic E-state index is 0.556. The summed E-state index contributed by atoms with van der Waals surface area (Å²) in [5.74, 6) is 1.63. The highest BCUT2D eigenvalue weighted by molar-refractivity contribution is 5.51. The molecule has 0 aliphatic rings. The molecule has 0 radical (unpaired) electrons. The van der Waals surface area contributed by atoms with E-state index in [9.17, 15) is 0 Å². The van der Waals surface area contributed by atoms with Gasteiger partial charge in [-0.25, -0.2) is 9.97 Å². The molecule has 0 saturated carbocycles. The topological polar surface area (TPSA) is 66.5 Å². The number of nitrogens with zero attached hydrogens (tertiary/aromatic N) is 4. The first-order valence-electron chi connectivity index (χ1n) is 7.50. The Kier molecular flexibility index (Phi) is 4.65. The molecule has 0 fully saturated rings. The van der Waals surface area contributed by atoms with Crippen molar-refractivity contribution >= 4 is 5.82 Å². The molecular weight excluding hydrogens is 286 g/mol. The highest BCUT2D eigenvalue weighted by Crippen LogP contribution is 2.10. The van der Waals surface area contributed by atoms with Crippen molar-refractivity contribution in [3.05, 3.63) is 78.0 Å². The number of benzene rings is 1. The molecule has 3 rings (SSSR count). The SMILES string of the molecule is N#Cc1cccnc1NCCc1nccn1Cc1ccccc1. The predicted molar refractivity (Wildman–Crippen MR) is 88.9 cm³/mol. The smallest absolute Gasteiger partial charge is 0.143 e. The van der Waals surface area contributed by atoms with Crippen LogP contribution in [0.3, 0.4) is 0 Å². The van der Waals surface area contributed by atoms with Gasteiger partial charge < -0.3 is 9.88 Å². The van der Waals surface area contributed by atoms with E-state index in [1.54, 1.807) is 18.3 Å². The summed E-state index contributed by atoms with van der Waals surface area (Å²) in [5.41, 5.74) is 1.80. The fraction of sp³-hybridized carbons (Fsp3) is 0.167. The van der Waals surface area contributed by atoms with Crippen molar-refractivity contribution in [2.24, 2.45) is 0 Å². The first-order chi connectivity index (χ1) is 11.4. The molecule has 0 spiro atoms. The number of imidazole rings is 1. The average Bonchev–Trinajstić information content (AvgIpc) is 3.03. The maximum Gasteiger partial charge on any atom is 0.143 e. The van der Waals surface area contributed by atoms with E-state index in [4.69, 9.17) is 5.26 Å². The van der Waals surface area contributed by atoms with Crippen LogP contribution < -0.4 is 5.32 Å². The number of nitrogens with one attached hydrogen (secondary N) is 1. The molecule has 2 aromatic heterocycles. The Morgan fingerprint density at radius 1 is 1.04 bits per heavy atom. The summed E-state index contributed by atoms with van der Waals surface area (Å²) in [5, 5.41) is 12.3. The summed E-state index contributed by atoms with van der Waals surface area (Å²) in [6, 6.07) is 16.0. The molecule has 0 aliphatic carbocycles. The van der Waals surface area contributed by atoms with Gasteiger partial charge in [0.15, 0.2) is 0 Å². The Bertz CT molecular complexity index is 802. The molecule has 0 saturated heterocycles. The molecule has 0 bridgehead atoms. The van der Waals surface area contributed by atoms with Gasteiger partial charge >= 0.3 is 0 Å². The highest BCUT2D eigenvalue weighted by atomic mass is 15.1. The monoisotopic (exact) mass is 303 g/mol. The van der Waals surface area contributed by atoms with E-state index in [0.717, 1.165) is 18.8 Å². The lowest BCUT2D eigenvalue weighted by molar-refractivity contribution is 0.722. The van der Waals surface area contributed by atoms with Gasteiger partial charge in [-0.15, -0.1) is 0 Å². The van der Waals surface area contributed by atoms with Gasteiger partial charge in [0.2, 0.25) is 0 Å². The Morgan fingerprint density at radius 3 is 2.74 bits per heavy atom. The minimum Gasteiger partial charge on any atom is -0.369 e. The molecule has 3 aromatic rings. The zero-order chi connectivity index (χ0) is 15.9. The second kappa shape index (κ2) is 7.23. The molecule has 114 valence electrons. The number of hydrogen-bond acceptors (Lipinski definition) is 4. The van der Waals surface area contributed by atoms with E-state index in [2.05, 4.69) is 38.1 Å². The third-order valence-electron chi connectivity index (χ3n) is 3.57. The average molecular weight is 303 g/mol. The van der Waals surface area contributed by atoms with Crippen molar-refractivity contribution in [3.63, 3.8) is 0 Å². The number of hydrogen-bond donors (Lipinski definition) is 1. The van der Waals surface area contributed by atoms with Crippen LogP contribution in [0.25, 0.3) is 0 Å². The van der Waals surface area contributed by atoms with Crippen LogP contribution in [0, 0.1) is 11.3 Å². The van der Waals surface area contributed by atoms with Crippen LogP contribution in [0.2, 0.25) is 0 Å². The van der Waals surface area contributed by atoms with Crippen molar-refractivity contribution < 1.29 is 0 Å². The maximum absolute atomic E-state index is 9.06. The third-order valence-corrected chi connectivity index (χ3v) is 3.57. The fourth-order valence-electron chi connectivity index (χ4n) is 2.42. The molecule has 23 heavy (non-hydrogen) atoms. The van der Waals surface area contributed by atoms with E-state index in [-0.39, 0.29) is 0 Å². The lowest BCUT2D eigenvalue weighted by atomic mass is 10.2. The number of nitriles is 1. The molecule has 0 aliphatic heterocycles. The second-order valence-corrected chi connectivity index (χ2v) is 5.15. The molecule has 0 amide bonds. The van der Waals surface area contributed by atoms with Crippen LogP contribution in [0.1, 0.15) is 17.0 Å². The number of pyridine rings is 1. The lowest BCUT2D eigenvalue weighted by Crippen LogP contribution is -2.12.